The summed E-state index contributed by atoms with van der Waals surface area (Å²) in [6, 6.07) is 0.108. The van der Waals surface area contributed by atoms with E-state index >= 15 is 0 Å². The lowest BCUT2D eigenvalue weighted by atomic mass is 10.2. The fourth-order valence-electron chi connectivity index (χ4n) is 2.71. The first-order valence-electron chi connectivity index (χ1n) is 7.36. The molecule has 1 atom stereocenters. The average Bonchev–Trinajstić information content (AvgIpc) is 3.12. The van der Waals surface area contributed by atoms with Crippen LogP contribution < -0.4 is 0 Å². The Bertz CT molecular complexity index is 532. The van der Waals surface area contributed by atoms with Gasteiger partial charge in [0, 0.05) is 6.20 Å². The minimum absolute atomic E-state index is 0.175. The van der Waals surface area contributed by atoms with Crippen molar-refractivity contribution in [2.24, 2.45) is 0 Å². The lowest BCUT2D eigenvalue weighted by Gasteiger charge is -2.29. The summed E-state index contributed by atoms with van der Waals surface area (Å²) in [5, 5.41) is 4.33. The molecule has 122 valence electrons. The second kappa shape index (κ2) is 6.54. The normalized spacial score (nSPS) is 17.5. The number of alkyl halides is 3. The fourth-order valence-corrected chi connectivity index (χ4v) is 2.71. The van der Waals surface area contributed by atoms with Gasteiger partial charge in [-0.25, -0.2) is 0 Å². The van der Waals surface area contributed by atoms with E-state index in [4.69, 9.17) is 0 Å². The van der Waals surface area contributed by atoms with Gasteiger partial charge in [0.1, 0.15) is 6.04 Å². The van der Waals surface area contributed by atoms with Crippen LogP contribution in [0.25, 0.3) is 0 Å². The molecule has 1 heterocycles. The van der Waals surface area contributed by atoms with Crippen LogP contribution in [0.3, 0.4) is 0 Å². The smallest absolute Gasteiger partial charge is 0.321 e. The minimum Gasteiger partial charge on any atom is -0.321 e. The lowest BCUT2D eigenvalue weighted by molar-refractivity contribution is -0.185. The molecular weight excluding hydrogens is 295 g/mol. The monoisotopic (exact) mass is 315 g/mol. The summed E-state index contributed by atoms with van der Waals surface area (Å²) < 4.78 is 40.5. The molecule has 4 nitrogen and oxygen atoms in total. The first kappa shape index (κ1) is 16.6. The maximum atomic E-state index is 12.9. The van der Waals surface area contributed by atoms with Crippen LogP contribution >= 0.6 is 0 Å². The molecule has 1 aromatic rings. The van der Waals surface area contributed by atoms with Crippen LogP contribution in [0.4, 0.5) is 13.2 Å². The van der Waals surface area contributed by atoms with Crippen LogP contribution in [0, 0.1) is 0 Å². The third-order valence-corrected chi connectivity index (χ3v) is 4.09. The highest BCUT2D eigenvalue weighted by molar-refractivity contribution is 5.87. The third-order valence-electron chi connectivity index (χ3n) is 4.09. The molecule has 7 heteroatoms. The molecule has 1 saturated carbocycles. The molecule has 22 heavy (non-hydrogen) atoms. The van der Waals surface area contributed by atoms with Gasteiger partial charge >= 0.3 is 6.18 Å². The molecule has 0 radical (unpaired) electrons. The summed E-state index contributed by atoms with van der Waals surface area (Å²) in [4.78, 5) is 12.5. The molecule has 0 aromatic carbocycles. The number of nitrogens with zero attached hydrogens (tertiary/aromatic N) is 3. The van der Waals surface area contributed by atoms with Gasteiger partial charge in [-0.1, -0.05) is 19.4 Å². The van der Waals surface area contributed by atoms with Crippen LogP contribution in [-0.2, 0) is 11.3 Å². The van der Waals surface area contributed by atoms with E-state index in [-0.39, 0.29) is 6.54 Å². The van der Waals surface area contributed by atoms with E-state index in [1.807, 2.05) is 0 Å². The van der Waals surface area contributed by atoms with Crippen molar-refractivity contribution >= 4 is 5.91 Å². The number of aromatic nitrogens is 2. The van der Waals surface area contributed by atoms with E-state index in [1.54, 1.807) is 16.9 Å². The Labute approximate surface area is 127 Å². The zero-order valence-corrected chi connectivity index (χ0v) is 12.5. The van der Waals surface area contributed by atoms with E-state index in [0.717, 1.165) is 43.6 Å². The van der Waals surface area contributed by atoms with E-state index in [2.05, 4.69) is 11.7 Å². The topological polar surface area (TPSA) is 38.1 Å². The summed E-state index contributed by atoms with van der Waals surface area (Å²) in [5.74, 6) is -0.750. The summed E-state index contributed by atoms with van der Waals surface area (Å²) in [6.45, 7) is 4.06. The molecule has 0 unspecified atom stereocenters. The second-order valence-corrected chi connectivity index (χ2v) is 5.61. The largest absolute Gasteiger partial charge is 0.408 e. The Morgan fingerprint density at radius 2 is 2.18 bits per heavy atom. The summed E-state index contributed by atoms with van der Waals surface area (Å²) in [6.07, 6.45) is 2.56. The molecule has 2 rings (SSSR count). The Hall–Kier alpha value is -1.79. The van der Waals surface area contributed by atoms with Gasteiger partial charge in [-0.05, 0) is 31.9 Å². The van der Waals surface area contributed by atoms with E-state index < -0.39 is 18.1 Å². The number of hydrogen-bond donors (Lipinski definition) is 0. The molecule has 1 aliphatic rings. The van der Waals surface area contributed by atoms with Crippen molar-refractivity contribution in [3.8, 4) is 0 Å². The van der Waals surface area contributed by atoms with Crippen molar-refractivity contribution in [2.75, 3.05) is 0 Å². The molecule has 0 bridgehead atoms. The number of hydrogen-bond acceptors (Lipinski definition) is 2. The highest BCUT2D eigenvalue weighted by atomic mass is 19.4. The molecule has 1 fully saturated rings. The fraction of sp³-hybridized carbons (Fsp3) is 0.600. The van der Waals surface area contributed by atoms with Crippen molar-refractivity contribution in [2.45, 2.75) is 57.4 Å². The van der Waals surface area contributed by atoms with Crippen molar-refractivity contribution in [1.29, 1.82) is 0 Å². The summed E-state index contributed by atoms with van der Waals surface area (Å²) >= 11 is 0. The van der Waals surface area contributed by atoms with Crippen LogP contribution in [0.2, 0.25) is 0 Å². The number of rotatable bonds is 5. The molecule has 1 aromatic heterocycles. The van der Waals surface area contributed by atoms with Gasteiger partial charge in [-0.2, -0.15) is 18.3 Å². The van der Waals surface area contributed by atoms with Crippen LogP contribution in [0.15, 0.2) is 24.9 Å². The number of carbonyl (C=O) groups excluding carboxylic acids is 1. The van der Waals surface area contributed by atoms with Crippen molar-refractivity contribution in [1.82, 2.24) is 14.7 Å². The molecule has 0 saturated heterocycles. The zero-order valence-electron chi connectivity index (χ0n) is 12.5. The highest BCUT2D eigenvalue weighted by Gasteiger charge is 2.41. The maximum absolute atomic E-state index is 12.9. The first-order chi connectivity index (χ1) is 10.3. The maximum Gasteiger partial charge on any atom is 0.408 e. The molecule has 1 amide bonds. The van der Waals surface area contributed by atoms with Gasteiger partial charge in [0.2, 0.25) is 5.91 Å². The van der Waals surface area contributed by atoms with E-state index in [0.29, 0.717) is 11.7 Å². The Kier molecular flexibility index (Phi) is 4.93. The molecule has 0 N–H and O–H groups in total. The average molecular weight is 315 g/mol. The molecular formula is C15H20F3N3O. The van der Waals surface area contributed by atoms with E-state index in [9.17, 15) is 18.0 Å². The Balaban J connectivity index is 2.13. The lowest BCUT2D eigenvalue weighted by Crippen LogP contribution is -2.45. The summed E-state index contributed by atoms with van der Waals surface area (Å²) in [5.41, 5.74) is 0.457. The number of amides is 1. The first-order valence-corrected chi connectivity index (χ1v) is 7.36. The molecule has 1 aliphatic carbocycles. The number of carbonyl (C=O) groups is 1. The second-order valence-electron chi connectivity index (χ2n) is 5.61. The summed E-state index contributed by atoms with van der Waals surface area (Å²) in [7, 11) is 0. The minimum atomic E-state index is -4.48. The quantitative estimate of drug-likeness (QED) is 0.780. The van der Waals surface area contributed by atoms with Gasteiger partial charge in [0.05, 0.1) is 18.3 Å². The predicted octanol–water partition coefficient (Wildman–Crippen LogP) is 3.46. The van der Waals surface area contributed by atoms with Crippen molar-refractivity contribution < 1.29 is 18.0 Å². The van der Waals surface area contributed by atoms with Gasteiger partial charge in [0.25, 0.3) is 0 Å². The van der Waals surface area contributed by atoms with Crippen LogP contribution in [0.5, 0.6) is 0 Å². The highest BCUT2D eigenvalue weighted by Crippen LogP contribution is 2.29. The third kappa shape index (κ3) is 3.69. The predicted molar refractivity (Wildman–Crippen MR) is 76.0 cm³/mol. The standard InChI is InChI=1S/C15H20F3N3O/c1-3-14(22)20(11(2)15(16,17)18)10-12-8-9-21(19-12)13-6-4-5-7-13/h3,8-9,11,13H,1,4-7,10H2,2H3/t11-/m1/s1. The zero-order chi connectivity index (χ0) is 16.3. The molecule has 0 spiro atoms. The van der Waals surface area contributed by atoms with Crippen LogP contribution in [0.1, 0.15) is 44.3 Å². The van der Waals surface area contributed by atoms with Gasteiger partial charge in [-0.15, -0.1) is 0 Å². The SMILES string of the molecule is C=CC(=O)N(Cc1ccn(C2CCCC2)n1)[C@H](C)C(F)(F)F. The van der Waals surface area contributed by atoms with Crippen molar-refractivity contribution in [3.05, 3.63) is 30.6 Å². The Morgan fingerprint density at radius 3 is 2.73 bits per heavy atom. The van der Waals surface area contributed by atoms with Gasteiger partial charge in [0.15, 0.2) is 0 Å². The molecule has 0 aliphatic heterocycles. The number of halogens is 3. The Morgan fingerprint density at radius 1 is 1.55 bits per heavy atom. The van der Waals surface area contributed by atoms with Crippen molar-refractivity contribution in [3.63, 3.8) is 0 Å². The van der Waals surface area contributed by atoms with Gasteiger partial charge < -0.3 is 4.90 Å². The van der Waals surface area contributed by atoms with Crippen LogP contribution in [-0.4, -0.2) is 32.8 Å². The van der Waals surface area contributed by atoms with E-state index in [1.165, 1.54) is 0 Å². The van der Waals surface area contributed by atoms with Gasteiger partial charge in [-0.3, -0.25) is 9.48 Å².